The summed E-state index contributed by atoms with van der Waals surface area (Å²) >= 11 is 0. The number of rotatable bonds is 3. The molecule has 0 rings (SSSR count). The Morgan fingerprint density at radius 3 is 2.30 bits per heavy atom. The average Bonchev–Trinajstić information content (AvgIpc) is 1.84. The lowest BCUT2D eigenvalue weighted by molar-refractivity contribution is 0.205. The van der Waals surface area contributed by atoms with Gasteiger partial charge in [-0.05, 0) is 27.9 Å². The van der Waals surface area contributed by atoms with Crippen molar-refractivity contribution in [1.29, 1.82) is 0 Å². The fraction of sp³-hybridized carbons (Fsp3) is 0.857. The summed E-state index contributed by atoms with van der Waals surface area (Å²) in [7, 11) is 3.92. The number of carbonyl (C=O) groups excluding carboxylic acids is 1. The van der Waals surface area contributed by atoms with Gasteiger partial charge in [-0.25, -0.2) is 9.79 Å². The van der Waals surface area contributed by atoms with Gasteiger partial charge in [0.1, 0.15) is 0 Å². The maximum absolute atomic E-state index is 9.76. The fourth-order valence-corrected chi connectivity index (χ4v) is 0.367. The number of hydrogen-bond acceptors (Lipinski definition) is 3. The van der Waals surface area contributed by atoms with E-state index < -0.39 is 0 Å². The summed E-state index contributed by atoms with van der Waals surface area (Å²) < 4.78 is 0. The van der Waals surface area contributed by atoms with E-state index in [1.54, 1.807) is 0 Å². The van der Waals surface area contributed by atoms with Gasteiger partial charge in [0.25, 0.3) is 0 Å². The zero-order chi connectivity index (χ0) is 8.20. The normalized spacial score (nSPS) is 11.3. The Bertz CT molecular complexity index is 146. The summed E-state index contributed by atoms with van der Waals surface area (Å²) in [5, 5.41) is 0. The Kier molecular flexibility index (Phi) is 3.26. The summed E-state index contributed by atoms with van der Waals surface area (Å²) in [6, 6.07) is 0. The summed E-state index contributed by atoms with van der Waals surface area (Å²) in [6.45, 7) is 4.55. The van der Waals surface area contributed by atoms with Gasteiger partial charge >= 0.3 is 0 Å². The summed E-state index contributed by atoms with van der Waals surface area (Å²) in [4.78, 5) is 15.3. The number of isocyanates is 1. The standard InChI is InChI=1S/C7H14N2O/c1-7(2,9(3)4)5-8-6-10/h5H2,1-4H3. The van der Waals surface area contributed by atoms with Crippen LogP contribution in [0.5, 0.6) is 0 Å². The Morgan fingerprint density at radius 1 is 1.50 bits per heavy atom. The van der Waals surface area contributed by atoms with Crippen molar-refractivity contribution in [2.24, 2.45) is 4.99 Å². The molecule has 0 amide bonds. The molecule has 0 aliphatic carbocycles. The monoisotopic (exact) mass is 142 g/mol. The average molecular weight is 142 g/mol. The molecule has 0 aromatic rings. The number of likely N-dealkylation sites (N-methyl/N-ethyl adjacent to an activating group) is 1. The molecule has 0 aliphatic rings. The molecule has 0 fully saturated rings. The van der Waals surface area contributed by atoms with Gasteiger partial charge in [0.2, 0.25) is 6.08 Å². The van der Waals surface area contributed by atoms with Crippen LogP contribution in [0.2, 0.25) is 0 Å². The molecule has 0 aromatic heterocycles. The summed E-state index contributed by atoms with van der Waals surface area (Å²) in [6.07, 6.45) is 1.53. The molecule has 3 heteroatoms. The Hall–Kier alpha value is -0.660. The molecule has 10 heavy (non-hydrogen) atoms. The van der Waals surface area contributed by atoms with Gasteiger partial charge in [-0.3, -0.25) is 0 Å². The van der Waals surface area contributed by atoms with Crippen LogP contribution in [0.15, 0.2) is 4.99 Å². The van der Waals surface area contributed by atoms with E-state index >= 15 is 0 Å². The zero-order valence-corrected chi connectivity index (χ0v) is 7.01. The number of aliphatic imine (C=N–C) groups is 1. The maximum Gasteiger partial charge on any atom is 0.235 e. The van der Waals surface area contributed by atoms with Gasteiger partial charge in [0.15, 0.2) is 0 Å². The molecule has 0 aromatic carbocycles. The molecule has 3 nitrogen and oxygen atoms in total. The van der Waals surface area contributed by atoms with Crippen molar-refractivity contribution in [3.63, 3.8) is 0 Å². The van der Waals surface area contributed by atoms with Crippen molar-refractivity contribution in [2.45, 2.75) is 19.4 Å². The quantitative estimate of drug-likeness (QED) is 0.428. The van der Waals surface area contributed by atoms with E-state index in [2.05, 4.69) is 4.99 Å². The molecule has 0 N–H and O–H groups in total. The molecule has 0 spiro atoms. The Morgan fingerprint density at radius 2 is 2.00 bits per heavy atom. The van der Waals surface area contributed by atoms with Crippen LogP contribution in [0.4, 0.5) is 0 Å². The first-order chi connectivity index (χ1) is 4.50. The third-order valence-corrected chi connectivity index (χ3v) is 1.74. The second kappa shape index (κ2) is 3.49. The van der Waals surface area contributed by atoms with Gasteiger partial charge in [-0.1, -0.05) is 0 Å². The first-order valence-electron chi connectivity index (χ1n) is 3.22. The predicted molar refractivity (Wildman–Crippen MR) is 40.8 cm³/mol. The van der Waals surface area contributed by atoms with Gasteiger partial charge in [-0.15, -0.1) is 0 Å². The Labute approximate surface area is 61.7 Å². The second-order valence-corrected chi connectivity index (χ2v) is 3.11. The number of hydrogen-bond donors (Lipinski definition) is 0. The highest BCUT2D eigenvalue weighted by Crippen LogP contribution is 2.08. The van der Waals surface area contributed by atoms with E-state index in [0.29, 0.717) is 6.54 Å². The number of nitrogens with zero attached hydrogens (tertiary/aromatic N) is 2. The minimum atomic E-state index is -0.0442. The lowest BCUT2D eigenvalue weighted by atomic mass is 10.1. The molecule has 0 saturated carbocycles. The molecule has 58 valence electrons. The van der Waals surface area contributed by atoms with Crippen LogP contribution >= 0.6 is 0 Å². The van der Waals surface area contributed by atoms with Crippen LogP contribution in [-0.4, -0.2) is 37.2 Å². The van der Waals surface area contributed by atoms with E-state index in [0.717, 1.165) is 0 Å². The first-order valence-corrected chi connectivity index (χ1v) is 3.22. The van der Waals surface area contributed by atoms with Gasteiger partial charge < -0.3 is 4.90 Å². The van der Waals surface area contributed by atoms with Crippen LogP contribution in [-0.2, 0) is 4.79 Å². The Balaban J connectivity index is 3.98. The van der Waals surface area contributed by atoms with Crippen molar-refractivity contribution < 1.29 is 4.79 Å². The van der Waals surface area contributed by atoms with Crippen LogP contribution in [0, 0.1) is 0 Å². The van der Waals surface area contributed by atoms with E-state index in [1.807, 2.05) is 32.8 Å². The molecular weight excluding hydrogens is 128 g/mol. The zero-order valence-electron chi connectivity index (χ0n) is 7.01. The molecule has 0 bridgehead atoms. The highest BCUT2D eigenvalue weighted by Gasteiger charge is 2.19. The van der Waals surface area contributed by atoms with Crippen LogP contribution in [0.3, 0.4) is 0 Å². The van der Waals surface area contributed by atoms with E-state index in [4.69, 9.17) is 0 Å². The lowest BCUT2D eigenvalue weighted by Crippen LogP contribution is -2.40. The summed E-state index contributed by atoms with van der Waals surface area (Å²) in [5.74, 6) is 0. The molecule has 0 aliphatic heterocycles. The smallest absolute Gasteiger partial charge is 0.235 e. The highest BCUT2D eigenvalue weighted by atomic mass is 16.1. The summed E-state index contributed by atoms with van der Waals surface area (Å²) in [5.41, 5.74) is -0.0442. The molecule has 0 radical (unpaired) electrons. The molecule has 0 atom stereocenters. The SMILES string of the molecule is CN(C)C(C)(C)CN=C=O. The van der Waals surface area contributed by atoms with Gasteiger partial charge in [0.05, 0.1) is 6.54 Å². The molecule has 0 heterocycles. The van der Waals surface area contributed by atoms with Crippen LogP contribution < -0.4 is 0 Å². The van der Waals surface area contributed by atoms with Crippen LogP contribution in [0.1, 0.15) is 13.8 Å². The molecular formula is C7H14N2O. The third kappa shape index (κ3) is 2.76. The second-order valence-electron chi connectivity index (χ2n) is 3.11. The van der Waals surface area contributed by atoms with E-state index in [1.165, 1.54) is 6.08 Å². The minimum absolute atomic E-state index is 0.0442. The highest BCUT2D eigenvalue weighted by molar-refractivity contribution is 5.33. The maximum atomic E-state index is 9.76. The fourth-order valence-electron chi connectivity index (χ4n) is 0.367. The van der Waals surface area contributed by atoms with Crippen molar-refractivity contribution in [2.75, 3.05) is 20.6 Å². The third-order valence-electron chi connectivity index (χ3n) is 1.74. The van der Waals surface area contributed by atoms with Gasteiger partial charge in [-0.2, -0.15) is 0 Å². The van der Waals surface area contributed by atoms with Crippen LogP contribution in [0.25, 0.3) is 0 Å². The van der Waals surface area contributed by atoms with Crippen molar-refractivity contribution in [3.8, 4) is 0 Å². The molecule has 0 unspecified atom stereocenters. The largest absolute Gasteiger partial charge is 0.302 e. The predicted octanol–water partition coefficient (Wildman–Crippen LogP) is 0.662. The van der Waals surface area contributed by atoms with Crippen molar-refractivity contribution in [3.05, 3.63) is 0 Å². The first kappa shape index (κ1) is 9.34. The molecule has 0 saturated heterocycles. The van der Waals surface area contributed by atoms with Gasteiger partial charge in [0, 0.05) is 5.54 Å². The van der Waals surface area contributed by atoms with Crippen molar-refractivity contribution in [1.82, 2.24) is 4.90 Å². The van der Waals surface area contributed by atoms with E-state index in [-0.39, 0.29) is 5.54 Å². The lowest BCUT2D eigenvalue weighted by Gasteiger charge is -2.29. The minimum Gasteiger partial charge on any atom is -0.302 e. The van der Waals surface area contributed by atoms with E-state index in [9.17, 15) is 4.79 Å². The topological polar surface area (TPSA) is 32.7 Å². The van der Waals surface area contributed by atoms with Crippen molar-refractivity contribution >= 4 is 6.08 Å².